The summed E-state index contributed by atoms with van der Waals surface area (Å²) in [5, 5.41) is 11.6. The van der Waals surface area contributed by atoms with Crippen molar-refractivity contribution in [3.63, 3.8) is 0 Å². The first-order valence-electron chi connectivity index (χ1n) is 5.98. The van der Waals surface area contributed by atoms with Crippen LogP contribution in [0.3, 0.4) is 0 Å². The Hall–Kier alpha value is -1.10. The lowest BCUT2D eigenvalue weighted by Crippen LogP contribution is -2.37. The van der Waals surface area contributed by atoms with Gasteiger partial charge in [-0.05, 0) is 27.2 Å². The van der Waals surface area contributed by atoms with Crippen LogP contribution in [0.2, 0.25) is 0 Å². The highest BCUT2D eigenvalue weighted by Crippen LogP contribution is 2.17. The van der Waals surface area contributed by atoms with E-state index in [0.717, 1.165) is 0 Å². The van der Waals surface area contributed by atoms with Gasteiger partial charge in [0.05, 0.1) is 5.92 Å². The number of nitrogens with one attached hydrogen (secondary N) is 1. The molecule has 2 N–H and O–H groups in total. The van der Waals surface area contributed by atoms with Gasteiger partial charge in [-0.3, -0.25) is 9.59 Å². The largest absolute Gasteiger partial charge is 0.481 e. The van der Waals surface area contributed by atoms with Crippen molar-refractivity contribution in [2.24, 2.45) is 5.92 Å². The Morgan fingerprint density at radius 3 is 2.18 bits per heavy atom. The van der Waals surface area contributed by atoms with Gasteiger partial charge in [-0.2, -0.15) is 0 Å². The van der Waals surface area contributed by atoms with E-state index in [-0.39, 0.29) is 5.97 Å². The lowest BCUT2D eigenvalue weighted by Gasteiger charge is -2.21. The second-order valence-corrected chi connectivity index (χ2v) is 4.77. The van der Waals surface area contributed by atoms with Crippen LogP contribution >= 0.6 is 0 Å². The lowest BCUT2D eigenvalue weighted by molar-refractivity contribution is -0.157. The fourth-order valence-corrected chi connectivity index (χ4v) is 1.48. The first-order chi connectivity index (χ1) is 7.79. The van der Waals surface area contributed by atoms with Crippen LogP contribution in [0.1, 0.15) is 41.0 Å². The van der Waals surface area contributed by atoms with Crippen LogP contribution in [-0.2, 0) is 14.3 Å². The minimum atomic E-state index is -0.867. The van der Waals surface area contributed by atoms with Crippen molar-refractivity contribution in [1.29, 1.82) is 0 Å². The number of carbonyl (C=O) groups excluding carboxylic acids is 1. The number of aliphatic carboxylic acids is 1. The SMILES string of the molecule is CC.CC(C)(C)OC(=O)C1CC(C(=O)O)CN1. The molecule has 0 spiro atoms. The summed E-state index contributed by atoms with van der Waals surface area (Å²) in [6.45, 7) is 9.69. The van der Waals surface area contributed by atoms with Crippen LogP contribution in [0.4, 0.5) is 0 Å². The highest BCUT2D eigenvalue weighted by molar-refractivity contribution is 5.79. The molecule has 1 fully saturated rings. The molecule has 0 amide bonds. The Balaban J connectivity index is 0.00000121. The molecule has 0 saturated carbocycles. The molecule has 2 atom stereocenters. The summed E-state index contributed by atoms with van der Waals surface area (Å²) < 4.78 is 5.16. The highest BCUT2D eigenvalue weighted by Gasteiger charge is 2.35. The summed E-state index contributed by atoms with van der Waals surface area (Å²) in [4.78, 5) is 22.2. The molecule has 0 aromatic rings. The second kappa shape index (κ2) is 6.59. The van der Waals surface area contributed by atoms with Gasteiger partial charge in [0.1, 0.15) is 11.6 Å². The van der Waals surface area contributed by atoms with Gasteiger partial charge in [0.15, 0.2) is 0 Å². The standard InChI is InChI=1S/C10H17NO4.C2H6/c1-10(2,3)15-9(14)7-4-6(5-11-7)8(12)13;1-2/h6-7,11H,4-5H2,1-3H3,(H,12,13);1-2H3. The van der Waals surface area contributed by atoms with Crippen molar-refractivity contribution >= 4 is 11.9 Å². The third-order valence-corrected chi connectivity index (χ3v) is 2.17. The summed E-state index contributed by atoms with van der Waals surface area (Å²) in [5.74, 6) is -1.72. The summed E-state index contributed by atoms with van der Waals surface area (Å²) in [6, 6.07) is -0.481. The molecular formula is C12H23NO4. The van der Waals surface area contributed by atoms with E-state index in [0.29, 0.717) is 13.0 Å². The Morgan fingerprint density at radius 2 is 1.82 bits per heavy atom. The highest BCUT2D eigenvalue weighted by atomic mass is 16.6. The van der Waals surface area contributed by atoms with E-state index in [2.05, 4.69) is 5.32 Å². The number of hydrogen-bond donors (Lipinski definition) is 2. The molecule has 0 aromatic heterocycles. The van der Waals surface area contributed by atoms with Crippen LogP contribution in [0.15, 0.2) is 0 Å². The Bertz CT molecular complexity index is 270. The summed E-state index contributed by atoms with van der Waals surface area (Å²) >= 11 is 0. The number of rotatable bonds is 2. The number of esters is 1. The average Bonchev–Trinajstić information content (AvgIpc) is 2.67. The number of carbonyl (C=O) groups is 2. The van der Waals surface area contributed by atoms with Gasteiger partial charge in [0, 0.05) is 6.54 Å². The minimum Gasteiger partial charge on any atom is -0.481 e. The molecule has 5 heteroatoms. The molecular weight excluding hydrogens is 222 g/mol. The zero-order chi connectivity index (χ0) is 13.6. The van der Waals surface area contributed by atoms with Crippen LogP contribution in [0.5, 0.6) is 0 Å². The molecule has 0 bridgehead atoms. The number of carboxylic acid groups (broad SMARTS) is 1. The maximum atomic E-state index is 11.6. The molecule has 5 nitrogen and oxygen atoms in total. The normalized spacial score (nSPS) is 23.6. The molecule has 1 aliphatic rings. The molecule has 1 saturated heterocycles. The van der Waals surface area contributed by atoms with Gasteiger partial charge < -0.3 is 15.2 Å². The van der Waals surface area contributed by atoms with Crippen molar-refractivity contribution in [1.82, 2.24) is 5.32 Å². The number of ether oxygens (including phenoxy) is 1. The molecule has 1 aliphatic heterocycles. The molecule has 0 radical (unpaired) electrons. The predicted octanol–water partition coefficient (Wildman–Crippen LogP) is 1.42. The van der Waals surface area contributed by atoms with E-state index in [4.69, 9.17) is 9.84 Å². The van der Waals surface area contributed by atoms with E-state index in [1.165, 1.54) is 0 Å². The molecule has 1 rings (SSSR count). The van der Waals surface area contributed by atoms with Crippen molar-refractivity contribution in [2.75, 3.05) is 6.54 Å². The first-order valence-corrected chi connectivity index (χ1v) is 5.98. The van der Waals surface area contributed by atoms with Gasteiger partial charge >= 0.3 is 11.9 Å². The first kappa shape index (κ1) is 15.9. The van der Waals surface area contributed by atoms with Crippen molar-refractivity contribution in [2.45, 2.75) is 52.7 Å². The Labute approximate surface area is 103 Å². The zero-order valence-electron chi connectivity index (χ0n) is 11.2. The van der Waals surface area contributed by atoms with Gasteiger partial charge in [-0.25, -0.2) is 0 Å². The number of hydrogen-bond acceptors (Lipinski definition) is 4. The van der Waals surface area contributed by atoms with Gasteiger partial charge in [0.2, 0.25) is 0 Å². The minimum absolute atomic E-state index is 0.310. The van der Waals surface area contributed by atoms with Crippen molar-refractivity contribution in [3.8, 4) is 0 Å². The average molecular weight is 245 g/mol. The predicted molar refractivity (Wildman–Crippen MR) is 64.7 cm³/mol. The molecule has 100 valence electrons. The fraction of sp³-hybridized carbons (Fsp3) is 0.833. The Kier molecular flexibility index (Phi) is 6.16. The van der Waals surface area contributed by atoms with Crippen LogP contribution in [0, 0.1) is 5.92 Å². The molecule has 0 aromatic carbocycles. The van der Waals surface area contributed by atoms with Crippen LogP contribution in [0.25, 0.3) is 0 Å². The topological polar surface area (TPSA) is 75.6 Å². The van der Waals surface area contributed by atoms with Crippen LogP contribution in [-0.4, -0.2) is 35.2 Å². The maximum absolute atomic E-state index is 11.6. The molecule has 17 heavy (non-hydrogen) atoms. The molecule has 2 unspecified atom stereocenters. The third-order valence-electron chi connectivity index (χ3n) is 2.17. The van der Waals surface area contributed by atoms with E-state index < -0.39 is 23.5 Å². The summed E-state index contributed by atoms with van der Waals surface area (Å²) in [7, 11) is 0. The molecule has 0 aliphatic carbocycles. The van der Waals surface area contributed by atoms with Gasteiger partial charge in [0.25, 0.3) is 0 Å². The quantitative estimate of drug-likeness (QED) is 0.719. The van der Waals surface area contributed by atoms with Crippen LogP contribution < -0.4 is 5.32 Å². The van der Waals surface area contributed by atoms with E-state index >= 15 is 0 Å². The van der Waals surface area contributed by atoms with Gasteiger partial charge in [-0.15, -0.1) is 0 Å². The molecule has 1 heterocycles. The zero-order valence-corrected chi connectivity index (χ0v) is 11.2. The van der Waals surface area contributed by atoms with Crippen molar-refractivity contribution in [3.05, 3.63) is 0 Å². The van der Waals surface area contributed by atoms with E-state index in [1.807, 2.05) is 13.8 Å². The third kappa shape index (κ3) is 5.68. The fourth-order valence-electron chi connectivity index (χ4n) is 1.48. The monoisotopic (exact) mass is 245 g/mol. The van der Waals surface area contributed by atoms with Gasteiger partial charge in [-0.1, -0.05) is 13.8 Å². The smallest absolute Gasteiger partial charge is 0.323 e. The summed E-state index contributed by atoms with van der Waals surface area (Å²) in [6.07, 6.45) is 0.310. The maximum Gasteiger partial charge on any atom is 0.323 e. The number of carboxylic acids is 1. The van der Waals surface area contributed by atoms with E-state index in [1.54, 1.807) is 20.8 Å². The lowest BCUT2D eigenvalue weighted by atomic mass is 10.1. The second-order valence-electron chi connectivity index (χ2n) is 4.77. The van der Waals surface area contributed by atoms with E-state index in [9.17, 15) is 9.59 Å². The van der Waals surface area contributed by atoms with Crippen molar-refractivity contribution < 1.29 is 19.4 Å². The summed E-state index contributed by atoms with van der Waals surface area (Å²) in [5.41, 5.74) is -0.528. The Morgan fingerprint density at radius 1 is 1.29 bits per heavy atom.